The van der Waals surface area contributed by atoms with Gasteiger partial charge in [0.25, 0.3) is 0 Å². The summed E-state index contributed by atoms with van der Waals surface area (Å²) in [6.07, 6.45) is 5.13. The number of nitrogens with zero attached hydrogens (tertiary/aromatic N) is 2. The fraction of sp³-hybridized carbons (Fsp3) is 0.714. The second-order valence-electron chi connectivity index (χ2n) is 5.80. The molecule has 3 nitrogen and oxygen atoms in total. The lowest BCUT2D eigenvalue weighted by molar-refractivity contribution is 0.530. The van der Waals surface area contributed by atoms with Crippen molar-refractivity contribution < 1.29 is 0 Å². The van der Waals surface area contributed by atoms with Crippen molar-refractivity contribution in [1.29, 1.82) is 0 Å². The van der Waals surface area contributed by atoms with E-state index in [0.717, 1.165) is 17.3 Å². The zero-order chi connectivity index (χ0) is 12.5. The Morgan fingerprint density at radius 1 is 1.24 bits per heavy atom. The van der Waals surface area contributed by atoms with E-state index in [9.17, 15) is 0 Å². The van der Waals surface area contributed by atoms with Crippen LogP contribution in [0.4, 0.5) is 5.82 Å². The van der Waals surface area contributed by atoms with Gasteiger partial charge in [0.05, 0.1) is 0 Å². The van der Waals surface area contributed by atoms with Crippen molar-refractivity contribution in [1.82, 2.24) is 9.97 Å². The molecule has 1 fully saturated rings. The van der Waals surface area contributed by atoms with Crippen LogP contribution >= 0.6 is 0 Å². The number of anilines is 1. The number of rotatable bonds is 3. The molecule has 0 saturated heterocycles. The minimum absolute atomic E-state index is 0.231. The van der Waals surface area contributed by atoms with Crippen molar-refractivity contribution in [3.05, 3.63) is 17.6 Å². The van der Waals surface area contributed by atoms with Crippen molar-refractivity contribution >= 4 is 5.82 Å². The maximum absolute atomic E-state index is 4.62. The van der Waals surface area contributed by atoms with Crippen molar-refractivity contribution in [3.63, 3.8) is 0 Å². The Bertz CT molecular complexity index is 392. The summed E-state index contributed by atoms with van der Waals surface area (Å²) in [5.74, 6) is 2.31. The monoisotopic (exact) mass is 233 g/mol. The number of hydrogen-bond acceptors (Lipinski definition) is 3. The highest BCUT2D eigenvalue weighted by Crippen LogP contribution is 2.32. The first-order chi connectivity index (χ1) is 7.98. The van der Waals surface area contributed by atoms with Crippen LogP contribution in [0.15, 0.2) is 6.07 Å². The number of aryl methyl sites for hydroxylation is 1. The Hall–Kier alpha value is -1.12. The predicted molar refractivity (Wildman–Crippen MR) is 71.4 cm³/mol. The van der Waals surface area contributed by atoms with E-state index < -0.39 is 0 Å². The molecule has 0 aromatic carbocycles. The molecule has 1 aliphatic carbocycles. The van der Waals surface area contributed by atoms with E-state index in [4.69, 9.17) is 0 Å². The average Bonchev–Trinajstić information content (AvgIpc) is 2.63. The van der Waals surface area contributed by atoms with Gasteiger partial charge >= 0.3 is 0 Å². The van der Waals surface area contributed by atoms with Gasteiger partial charge in [-0.3, -0.25) is 0 Å². The summed E-state index contributed by atoms with van der Waals surface area (Å²) < 4.78 is 0. The number of nitrogens with one attached hydrogen (secondary N) is 1. The summed E-state index contributed by atoms with van der Waals surface area (Å²) in [7, 11) is 0. The third kappa shape index (κ3) is 2.96. The molecule has 17 heavy (non-hydrogen) atoms. The Morgan fingerprint density at radius 3 is 2.47 bits per heavy atom. The van der Waals surface area contributed by atoms with Gasteiger partial charge in [-0.15, -0.1) is 0 Å². The van der Waals surface area contributed by atoms with Gasteiger partial charge in [0.15, 0.2) is 0 Å². The molecule has 1 saturated carbocycles. The van der Waals surface area contributed by atoms with Crippen LogP contribution in [0.3, 0.4) is 0 Å². The topological polar surface area (TPSA) is 37.8 Å². The first kappa shape index (κ1) is 12.3. The van der Waals surface area contributed by atoms with Crippen LogP contribution in [0, 0.1) is 6.92 Å². The van der Waals surface area contributed by atoms with Crippen molar-refractivity contribution in [2.75, 3.05) is 5.32 Å². The van der Waals surface area contributed by atoms with E-state index >= 15 is 0 Å². The number of hydrogen-bond donors (Lipinski definition) is 1. The highest BCUT2D eigenvalue weighted by Gasteiger charge is 2.28. The zero-order valence-electron chi connectivity index (χ0n) is 11.4. The first-order valence-corrected chi connectivity index (χ1v) is 6.62. The van der Waals surface area contributed by atoms with Gasteiger partial charge in [0, 0.05) is 23.2 Å². The van der Waals surface area contributed by atoms with Gasteiger partial charge in [-0.1, -0.05) is 26.7 Å². The van der Waals surface area contributed by atoms with E-state index in [0.29, 0.717) is 5.92 Å². The van der Waals surface area contributed by atoms with E-state index in [1.54, 1.807) is 0 Å². The molecule has 1 N–H and O–H groups in total. The van der Waals surface area contributed by atoms with Gasteiger partial charge < -0.3 is 5.32 Å². The fourth-order valence-electron chi connectivity index (χ4n) is 2.50. The lowest BCUT2D eigenvalue weighted by Gasteiger charge is -2.26. The third-order valence-corrected chi connectivity index (χ3v) is 3.52. The minimum atomic E-state index is 0.231. The quantitative estimate of drug-likeness (QED) is 0.866. The second-order valence-corrected chi connectivity index (χ2v) is 5.80. The smallest absolute Gasteiger partial charge is 0.133 e. The summed E-state index contributed by atoms with van der Waals surface area (Å²) in [6, 6.07) is 2.05. The van der Waals surface area contributed by atoms with Gasteiger partial charge in [-0.05, 0) is 26.7 Å². The molecular weight excluding hydrogens is 210 g/mol. The van der Waals surface area contributed by atoms with Crippen LogP contribution in [0.1, 0.15) is 63.9 Å². The third-order valence-electron chi connectivity index (χ3n) is 3.52. The molecule has 1 aliphatic rings. The largest absolute Gasteiger partial charge is 0.365 e. The summed E-state index contributed by atoms with van der Waals surface area (Å²) in [6.45, 7) is 8.61. The van der Waals surface area contributed by atoms with Crippen LogP contribution < -0.4 is 5.32 Å². The van der Waals surface area contributed by atoms with E-state index in [-0.39, 0.29) is 5.54 Å². The Morgan fingerprint density at radius 2 is 1.88 bits per heavy atom. The van der Waals surface area contributed by atoms with Crippen LogP contribution in [0.5, 0.6) is 0 Å². The second kappa shape index (κ2) is 4.63. The molecule has 0 unspecified atom stereocenters. The summed E-state index contributed by atoms with van der Waals surface area (Å²) >= 11 is 0. The number of aromatic nitrogens is 2. The highest BCUT2D eigenvalue weighted by molar-refractivity contribution is 5.39. The van der Waals surface area contributed by atoms with Gasteiger partial charge in [-0.25, -0.2) is 9.97 Å². The lowest BCUT2D eigenvalue weighted by Crippen LogP contribution is -2.31. The highest BCUT2D eigenvalue weighted by atomic mass is 15.1. The first-order valence-electron chi connectivity index (χ1n) is 6.62. The SMILES string of the molecule is Cc1cc(NC2(C)CCCC2)nc(C(C)C)n1. The maximum Gasteiger partial charge on any atom is 0.133 e. The average molecular weight is 233 g/mol. The molecule has 0 atom stereocenters. The van der Waals surface area contributed by atoms with Gasteiger partial charge in [-0.2, -0.15) is 0 Å². The molecule has 0 aliphatic heterocycles. The molecule has 1 aromatic rings. The van der Waals surface area contributed by atoms with Crippen molar-refractivity contribution in [2.45, 2.75) is 64.8 Å². The minimum Gasteiger partial charge on any atom is -0.365 e. The summed E-state index contributed by atoms with van der Waals surface area (Å²) in [5.41, 5.74) is 1.28. The lowest BCUT2D eigenvalue weighted by atomic mass is 10.0. The molecule has 0 radical (unpaired) electrons. The Labute approximate surface area is 104 Å². The van der Waals surface area contributed by atoms with Crippen LogP contribution in [-0.2, 0) is 0 Å². The Balaban J connectivity index is 2.20. The maximum atomic E-state index is 4.62. The molecule has 3 heteroatoms. The molecule has 94 valence electrons. The summed E-state index contributed by atoms with van der Waals surface area (Å²) in [5, 5.41) is 3.60. The molecule has 1 aromatic heterocycles. The molecule has 1 heterocycles. The standard InChI is InChI=1S/C14H23N3/c1-10(2)13-15-11(3)9-12(16-13)17-14(4)7-5-6-8-14/h9-10H,5-8H2,1-4H3,(H,15,16,17). The molecule has 0 spiro atoms. The molecule has 0 bridgehead atoms. The van der Waals surface area contributed by atoms with E-state index in [1.165, 1.54) is 25.7 Å². The van der Waals surface area contributed by atoms with E-state index in [2.05, 4.69) is 42.1 Å². The molecule has 0 amide bonds. The van der Waals surface area contributed by atoms with Crippen molar-refractivity contribution in [3.8, 4) is 0 Å². The van der Waals surface area contributed by atoms with Crippen LogP contribution in [-0.4, -0.2) is 15.5 Å². The van der Waals surface area contributed by atoms with Gasteiger partial charge in [0.2, 0.25) is 0 Å². The van der Waals surface area contributed by atoms with Crippen LogP contribution in [0.25, 0.3) is 0 Å². The van der Waals surface area contributed by atoms with Crippen molar-refractivity contribution in [2.24, 2.45) is 0 Å². The fourth-order valence-corrected chi connectivity index (χ4v) is 2.50. The van der Waals surface area contributed by atoms with E-state index in [1.807, 2.05) is 6.92 Å². The summed E-state index contributed by atoms with van der Waals surface area (Å²) in [4.78, 5) is 9.10. The normalized spacial score (nSPS) is 18.6. The zero-order valence-corrected chi connectivity index (χ0v) is 11.4. The van der Waals surface area contributed by atoms with Crippen LogP contribution in [0.2, 0.25) is 0 Å². The molecule has 2 rings (SSSR count). The van der Waals surface area contributed by atoms with Gasteiger partial charge in [0.1, 0.15) is 11.6 Å². The molecular formula is C14H23N3. The Kier molecular flexibility index (Phi) is 3.36. The predicted octanol–water partition coefficient (Wildman–Crippen LogP) is 3.65.